The van der Waals surface area contributed by atoms with Gasteiger partial charge in [-0.1, -0.05) is 32.0 Å². The molecule has 11 heteroatoms. The molecule has 0 spiro atoms. The van der Waals surface area contributed by atoms with E-state index in [1.165, 1.54) is 0 Å². The van der Waals surface area contributed by atoms with Crippen molar-refractivity contribution in [2.45, 2.75) is 82.7 Å². The fraction of sp³-hybridized carbons (Fsp3) is 0.630. The highest BCUT2D eigenvalue weighted by Gasteiger charge is 2.46. The van der Waals surface area contributed by atoms with Crippen LogP contribution in [0.1, 0.15) is 58.1 Å². The maximum absolute atomic E-state index is 14.0. The summed E-state index contributed by atoms with van der Waals surface area (Å²) in [5.74, 6) is -0.105. The first-order chi connectivity index (χ1) is 18.2. The van der Waals surface area contributed by atoms with E-state index >= 15 is 0 Å². The Morgan fingerprint density at radius 2 is 1.76 bits per heavy atom. The fourth-order valence-corrected chi connectivity index (χ4v) is 5.71. The molecule has 38 heavy (non-hydrogen) atoms. The van der Waals surface area contributed by atoms with Crippen LogP contribution in [0.4, 0.5) is 4.79 Å². The summed E-state index contributed by atoms with van der Waals surface area (Å²) in [6, 6.07) is 4.92. The van der Waals surface area contributed by atoms with E-state index in [4.69, 9.17) is 4.74 Å². The minimum atomic E-state index is -0.962. The molecule has 4 N–H and O–H groups in total. The molecule has 3 aliphatic rings. The normalized spacial score (nSPS) is 25.9. The molecule has 2 saturated heterocycles. The fourth-order valence-electron chi connectivity index (χ4n) is 5.71. The van der Waals surface area contributed by atoms with Gasteiger partial charge in [0.1, 0.15) is 17.8 Å². The Morgan fingerprint density at radius 3 is 2.50 bits per heavy atom. The first-order valence-electron chi connectivity index (χ1n) is 13.6. The number of urea groups is 1. The number of amides is 5. The van der Waals surface area contributed by atoms with Crippen LogP contribution in [0.15, 0.2) is 24.3 Å². The number of hydrogen-bond acceptors (Lipinski definition) is 6. The maximum atomic E-state index is 14.0. The van der Waals surface area contributed by atoms with Crippen LogP contribution < -0.4 is 26.0 Å². The molecule has 1 aromatic rings. The highest BCUT2D eigenvalue weighted by atomic mass is 16.5. The van der Waals surface area contributed by atoms with Crippen LogP contribution in [-0.2, 0) is 14.4 Å². The first kappa shape index (κ1) is 27.7. The highest BCUT2D eigenvalue weighted by Crippen LogP contribution is 2.33. The van der Waals surface area contributed by atoms with Crippen LogP contribution in [0.5, 0.6) is 5.75 Å². The number of rotatable bonds is 6. The molecule has 0 saturated carbocycles. The van der Waals surface area contributed by atoms with Crippen molar-refractivity contribution in [3.8, 4) is 5.75 Å². The maximum Gasteiger partial charge on any atom is 0.317 e. The number of fused-ring (bicyclic) bond motifs is 2. The number of hydrogen-bond donors (Lipinski definition) is 4. The van der Waals surface area contributed by atoms with Gasteiger partial charge in [0.2, 0.25) is 17.7 Å². The number of ether oxygens (including phenoxy) is 1. The molecule has 5 amide bonds. The molecule has 0 unspecified atom stereocenters. The minimum Gasteiger partial charge on any atom is -0.493 e. The van der Waals surface area contributed by atoms with Gasteiger partial charge in [0.25, 0.3) is 0 Å². The van der Waals surface area contributed by atoms with Crippen molar-refractivity contribution >= 4 is 23.8 Å². The molecule has 4 rings (SSSR count). The second-order valence-corrected chi connectivity index (χ2v) is 10.6. The van der Waals surface area contributed by atoms with Gasteiger partial charge < -0.3 is 35.8 Å². The van der Waals surface area contributed by atoms with E-state index in [0.29, 0.717) is 38.8 Å². The molecule has 3 aliphatic heterocycles. The number of nitrogens with one attached hydrogen (secondary N) is 4. The Balaban J connectivity index is 1.54. The second-order valence-electron chi connectivity index (χ2n) is 10.6. The lowest BCUT2D eigenvalue weighted by atomic mass is 10.00. The smallest absolute Gasteiger partial charge is 0.317 e. The SMILES string of the molecule is CNC(=O)N1CC[C@H]2CC[C@@H](C(=O)N[C@@H]3CCOc4ccccc43)N2C(=O)[C@@H](NC(=O)[C@H](C)NC(C)C)C1. The summed E-state index contributed by atoms with van der Waals surface area (Å²) in [6.45, 7) is 6.56. The zero-order valence-corrected chi connectivity index (χ0v) is 22.7. The molecule has 5 atom stereocenters. The second kappa shape index (κ2) is 12.0. The van der Waals surface area contributed by atoms with Gasteiger partial charge in [-0.25, -0.2) is 4.79 Å². The van der Waals surface area contributed by atoms with Crippen molar-refractivity contribution in [3.63, 3.8) is 0 Å². The third-order valence-electron chi connectivity index (χ3n) is 7.56. The third kappa shape index (κ3) is 6.03. The lowest BCUT2D eigenvalue weighted by Crippen LogP contribution is -2.63. The molecule has 3 heterocycles. The Hall–Kier alpha value is -3.34. The molecular formula is C27H40N6O5. The lowest BCUT2D eigenvalue weighted by Gasteiger charge is -2.39. The quantitative estimate of drug-likeness (QED) is 0.434. The van der Waals surface area contributed by atoms with E-state index in [1.54, 1.807) is 23.8 Å². The van der Waals surface area contributed by atoms with Crippen molar-refractivity contribution in [2.75, 3.05) is 26.7 Å². The predicted octanol–water partition coefficient (Wildman–Crippen LogP) is 0.902. The van der Waals surface area contributed by atoms with Gasteiger partial charge in [0.15, 0.2) is 0 Å². The molecule has 0 aliphatic carbocycles. The number of para-hydroxylation sites is 1. The molecule has 0 radical (unpaired) electrons. The van der Waals surface area contributed by atoms with Crippen LogP contribution in [0.25, 0.3) is 0 Å². The van der Waals surface area contributed by atoms with Crippen LogP contribution in [0, 0.1) is 0 Å². The largest absolute Gasteiger partial charge is 0.493 e. The van der Waals surface area contributed by atoms with Crippen molar-refractivity contribution < 1.29 is 23.9 Å². The molecule has 0 aromatic heterocycles. The number of carbonyl (C=O) groups excluding carboxylic acids is 4. The molecule has 0 bridgehead atoms. The monoisotopic (exact) mass is 528 g/mol. The predicted molar refractivity (Wildman–Crippen MR) is 141 cm³/mol. The number of nitrogens with zero attached hydrogens (tertiary/aromatic N) is 2. The van der Waals surface area contributed by atoms with E-state index < -0.39 is 18.1 Å². The van der Waals surface area contributed by atoms with Gasteiger partial charge in [-0.3, -0.25) is 14.4 Å². The van der Waals surface area contributed by atoms with Crippen LogP contribution in [0.2, 0.25) is 0 Å². The molecule has 11 nitrogen and oxygen atoms in total. The standard InChI is InChI=1S/C27H40N6O5/c1-16(2)29-17(3)24(34)31-21-15-32(27(37)28-4)13-11-18-9-10-22(33(18)26(21)36)25(35)30-20-12-14-38-23-8-6-5-7-19(20)23/h5-8,16-18,20-22,29H,9-15H2,1-4H3,(H,28,37)(H,30,35)(H,31,34)/t17-,18+,20+,21-,22-/m0/s1. The van der Waals surface area contributed by atoms with Gasteiger partial charge in [0.05, 0.1) is 25.2 Å². The van der Waals surface area contributed by atoms with Crippen molar-refractivity contribution in [3.05, 3.63) is 29.8 Å². The Labute approximate surface area is 224 Å². The van der Waals surface area contributed by atoms with Crippen LogP contribution >= 0.6 is 0 Å². The summed E-state index contributed by atoms with van der Waals surface area (Å²) in [4.78, 5) is 56.3. The van der Waals surface area contributed by atoms with Crippen molar-refractivity contribution in [1.29, 1.82) is 0 Å². The third-order valence-corrected chi connectivity index (χ3v) is 7.56. The van der Waals surface area contributed by atoms with Crippen LogP contribution in [-0.4, -0.2) is 90.5 Å². The van der Waals surface area contributed by atoms with E-state index in [9.17, 15) is 19.2 Å². The molecule has 208 valence electrons. The van der Waals surface area contributed by atoms with Gasteiger partial charge in [0, 0.05) is 37.7 Å². The lowest BCUT2D eigenvalue weighted by molar-refractivity contribution is -0.145. The van der Waals surface area contributed by atoms with Crippen LogP contribution in [0.3, 0.4) is 0 Å². The number of benzene rings is 1. The molecular weight excluding hydrogens is 488 g/mol. The zero-order chi connectivity index (χ0) is 27.4. The Morgan fingerprint density at radius 1 is 1.00 bits per heavy atom. The highest BCUT2D eigenvalue weighted by molar-refractivity contribution is 5.94. The summed E-state index contributed by atoms with van der Waals surface area (Å²) >= 11 is 0. The van der Waals surface area contributed by atoms with Gasteiger partial charge in [-0.05, 0) is 32.3 Å². The van der Waals surface area contributed by atoms with E-state index in [2.05, 4.69) is 21.3 Å². The summed E-state index contributed by atoms with van der Waals surface area (Å²) in [5, 5.41) is 11.8. The molecule has 2 fully saturated rings. The molecule has 1 aromatic carbocycles. The van der Waals surface area contributed by atoms with Gasteiger partial charge in [-0.2, -0.15) is 0 Å². The van der Waals surface area contributed by atoms with E-state index in [1.807, 2.05) is 38.1 Å². The summed E-state index contributed by atoms with van der Waals surface area (Å²) in [7, 11) is 1.54. The van der Waals surface area contributed by atoms with Gasteiger partial charge >= 0.3 is 6.03 Å². The minimum absolute atomic E-state index is 0.0313. The Kier molecular flexibility index (Phi) is 8.76. The van der Waals surface area contributed by atoms with E-state index in [0.717, 1.165) is 11.3 Å². The summed E-state index contributed by atoms with van der Waals surface area (Å²) in [6.07, 6.45) is 2.39. The topological polar surface area (TPSA) is 132 Å². The first-order valence-corrected chi connectivity index (χ1v) is 13.6. The number of carbonyl (C=O) groups is 4. The average Bonchev–Trinajstić information content (AvgIpc) is 3.32. The van der Waals surface area contributed by atoms with E-state index in [-0.39, 0.29) is 48.4 Å². The van der Waals surface area contributed by atoms with Crippen molar-refractivity contribution in [1.82, 2.24) is 31.1 Å². The van der Waals surface area contributed by atoms with Crippen molar-refractivity contribution in [2.24, 2.45) is 0 Å². The average molecular weight is 529 g/mol. The summed E-state index contributed by atoms with van der Waals surface area (Å²) < 4.78 is 5.73. The zero-order valence-electron chi connectivity index (χ0n) is 22.7. The summed E-state index contributed by atoms with van der Waals surface area (Å²) in [5.41, 5.74) is 0.929. The Bertz CT molecular complexity index is 1050. The van der Waals surface area contributed by atoms with Gasteiger partial charge in [-0.15, -0.1) is 0 Å².